The van der Waals surface area contributed by atoms with Crippen LogP contribution in [0.4, 0.5) is 0 Å². The molecule has 1 aliphatic heterocycles. The average molecular weight is 345 g/mol. The monoisotopic (exact) mass is 345 g/mol. The summed E-state index contributed by atoms with van der Waals surface area (Å²) in [5.41, 5.74) is 0.957. The zero-order valence-electron chi connectivity index (χ0n) is 15.5. The Labute approximate surface area is 151 Å². The maximum Gasteiger partial charge on any atom is 0.242 e. The highest BCUT2D eigenvalue weighted by molar-refractivity contribution is 5.88. The van der Waals surface area contributed by atoms with Crippen LogP contribution in [0, 0.1) is 0 Å². The third-order valence-electron chi connectivity index (χ3n) is 4.83. The van der Waals surface area contributed by atoms with Crippen LogP contribution in [-0.2, 0) is 16.0 Å². The van der Waals surface area contributed by atoms with Crippen LogP contribution in [0.15, 0.2) is 30.3 Å². The molecule has 2 atom stereocenters. The van der Waals surface area contributed by atoms with Crippen LogP contribution in [0.2, 0.25) is 0 Å². The lowest BCUT2D eigenvalue weighted by atomic mass is 10.1. The molecule has 0 unspecified atom stereocenters. The summed E-state index contributed by atoms with van der Waals surface area (Å²) in [6.45, 7) is 6.89. The molecule has 1 aliphatic rings. The van der Waals surface area contributed by atoms with Gasteiger partial charge in [-0.2, -0.15) is 0 Å². The summed E-state index contributed by atoms with van der Waals surface area (Å²) in [6, 6.07) is 9.76. The fourth-order valence-corrected chi connectivity index (χ4v) is 3.35. The summed E-state index contributed by atoms with van der Waals surface area (Å²) < 4.78 is 0. The van der Waals surface area contributed by atoms with Crippen LogP contribution in [0.5, 0.6) is 0 Å². The fraction of sp³-hybridized carbons (Fsp3) is 0.600. The van der Waals surface area contributed by atoms with Crippen molar-refractivity contribution in [1.29, 1.82) is 0 Å². The van der Waals surface area contributed by atoms with Gasteiger partial charge in [0.2, 0.25) is 11.8 Å². The minimum Gasteiger partial charge on any atom is -0.353 e. The van der Waals surface area contributed by atoms with Gasteiger partial charge in [0, 0.05) is 19.1 Å². The van der Waals surface area contributed by atoms with Crippen LogP contribution in [0.25, 0.3) is 0 Å². The van der Waals surface area contributed by atoms with Crippen molar-refractivity contribution < 1.29 is 9.59 Å². The van der Waals surface area contributed by atoms with Crippen molar-refractivity contribution in [2.75, 3.05) is 19.6 Å². The third kappa shape index (κ3) is 6.50. The minimum absolute atomic E-state index is 0.0740. The first kappa shape index (κ1) is 19.4. The molecule has 1 heterocycles. The van der Waals surface area contributed by atoms with Crippen molar-refractivity contribution in [3.05, 3.63) is 35.9 Å². The van der Waals surface area contributed by atoms with Crippen LogP contribution < -0.4 is 10.6 Å². The van der Waals surface area contributed by atoms with Crippen LogP contribution in [-0.4, -0.2) is 48.4 Å². The van der Waals surface area contributed by atoms with Gasteiger partial charge in [0.05, 0.1) is 6.42 Å². The second-order valence-corrected chi connectivity index (χ2v) is 6.89. The summed E-state index contributed by atoms with van der Waals surface area (Å²) in [4.78, 5) is 27.1. The lowest BCUT2D eigenvalue weighted by Crippen LogP contribution is -2.48. The molecule has 138 valence electrons. The summed E-state index contributed by atoms with van der Waals surface area (Å²) in [7, 11) is 0. The lowest BCUT2D eigenvalue weighted by molar-refractivity contribution is -0.128. The minimum atomic E-state index is -0.447. The SMILES string of the molecule is CCC[C@@H](NC(=O)Cc1ccccc1)C(=O)NCCN1CCC[C@@H]1C. The third-order valence-corrected chi connectivity index (χ3v) is 4.83. The Morgan fingerprint density at radius 2 is 2.04 bits per heavy atom. The van der Waals surface area contributed by atoms with Crippen molar-refractivity contribution in [2.24, 2.45) is 0 Å². The number of likely N-dealkylation sites (tertiary alicyclic amines) is 1. The Hall–Kier alpha value is -1.88. The molecule has 2 N–H and O–H groups in total. The normalized spacial score (nSPS) is 18.7. The van der Waals surface area contributed by atoms with Crippen molar-refractivity contribution >= 4 is 11.8 Å². The largest absolute Gasteiger partial charge is 0.353 e. The van der Waals surface area contributed by atoms with Gasteiger partial charge in [0.1, 0.15) is 6.04 Å². The van der Waals surface area contributed by atoms with E-state index in [4.69, 9.17) is 0 Å². The topological polar surface area (TPSA) is 61.4 Å². The molecule has 2 rings (SSSR count). The van der Waals surface area contributed by atoms with Gasteiger partial charge < -0.3 is 10.6 Å². The summed E-state index contributed by atoms with van der Waals surface area (Å²) >= 11 is 0. The number of carbonyl (C=O) groups excluding carboxylic acids is 2. The predicted octanol–water partition coefficient (Wildman–Crippen LogP) is 2.11. The summed E-state index contributed by atoms with van der Waals surface area (Å²) in [6.07, 6.45) is 4.30. The van der Waals surface area contributed by atoms with Crippen molar-refractivity contribution in [3.8, 4) is 0 Å². The van der Waals surface area contributed by atoms with Gasteiger partial charge in [0.25, 0.3) is 0 Å². The lowest BCUT2D eigenvalue weighted by Gasteiger charge is -2.22. The van der Waals surface area contributed by atoms with Crippen LogP contribution >= 0.6 is 0 Å². The number of amides is 2. The number of benzene rings is 1. The Kier molecular flexibility index (Phi) is 7.92. The smallest absolute Gasteiger partial charge is 0.242 e. The molecule has 0 radical (unpaired) electrons. The van der Waals surface area contributed by atoms with Gasteiger partial charge in [-0.25, -0.2) is 0 Å². The van der Waals surface area contributed by atoms with Gasteiger partial charge in [-0.15, -0.1) is 0 Å². The Balaban J connectivity index is 1.77. The molecule has 1 aromatic rings. The number of nitrogens with zero attached hydrogens (tertiary/aromatic N) is 1. The first-order valence-corrected chi connectivity index (χ1v) is 9.45. The maximum atomic E-state index is 12.4. The molecule has 2 amide bonds. The van der Waals surface area contributed by atoms with Gasteiger partial charge in [-0.05, 0) is 38.3 Å². The Morgan fingerprint density at radius 3 is 2.68 bits per heavy atom. The highest BCUT2D eigenvalue weighted by Crippen LogP contribution is 2.15. The van der Waals surface area contributed by atoms with E-state index in [0.29, 0.717) is 25.4 Å². The van der Waals surface area contributed by atoms with E-state index in [9.17, 15) is 9.59 Å². The summed E-state index contributed by atoms with van der Waals surface area (Å²) in [5, 5.41) is 5.88. The number of carbonyl (C=O) groups is 2. The second kappa shape index (κ2) is 10.2. The van der Waals surface area contributed by atoms with Gasteiger partial charge >= 0.3 is 0 Å². The van der Waals surface area contributed by atoms with Gasteiger partial charge in [0.15, 0.2) is 0 Å². The quantitative estimate of drug-likeness (QED) is 0.721. The van der Waals surface area contributed by atoms with Crippen molar-refractivity contribution in [3.63, 3.8) is 0 Å². The van der Waals surface area contributed by atoms with Crippen molar-refractivity contribution in [2.45, 2.75) is 58.0 Å². The number of hydrogen-bond acceptors (Lipinski definition) is 3. The van der Waals surface area contributed by atoms with Crippen molar-refractivity contribution in [1.82, 2.24) is 15.5 Å². The van der Waals surface area contributed by atoms with E-state index in [1.54, 1.807) is 0 Å². The molecule has 1 saturated heterocycles. The number of hydrogen-bond donors (Lipinski definition) is 2. The molecule has 0 bridgehead atoms. The van der Waals surface area contributed by atoms with Gasteiger partial charge in [-0.1, -0.05) is 43.7 Å². The molecule has 1 fully saturated rings. The average Bonchev–Trinajstić information content (AvgIpc) is 3.00. The summed E-state index contributed by atoms with van der Waals surface area (Å²) in [5.74, 6) is -0.178. The number of nitrogens with one attached hydrogen (secondary N) is 2. The molecule has 0 aromatic heterocycles. The first-order chi connectivity index (χ1) is 12.1. The molecule has 0 aliphatic carbocycles. The molecule has 0 spiro atoms. The van der Waals surface area contributed by atoms with Crippen LogP contribution in [0.3, 0.4) is 0 Å². The van der Waals surface area contributed by atoms with E-state index in [2.05, 4.69) is 22.5 Å². The van der Waals surface area contributed by atoms with E-state index in [0.717, 1.165) is 25.1 Å². The van der Waals surface area contributed by atoms with E-state index in [1.807, 2.05) is 37.3 Å². The maximum absolute atomic E-state index is 12.4. The fourth-order valence-electron chi connectivity index (χ4n) is 3.35. The molecular formula is C20H31N3O2. The van der Waals surface area contributed by atoms with E-state index < -0.39 is 6.04 Å². The standard InChI is InChI=1S/C20H31N3O2/c1-3-8-18(22-19(24)15-17-10-5-4-6-11-17)20(25)21-12-14-23-13-7-9-16(23)2/h4-6,10-11,16,18H,3,7-9,12-15H2,1-2H3,(H,21,25)(H,22,24)/t16-,18+/m0/s1. The zero-order valence-corrected chi connectivity index (χ0v) is 15.5. The predicted molar refractivity (Wildman–Crippen MR) is 100 cm³/mol. The number of rotatable bonds is 9. The first-order valence-electron chi connectivity index (χ1n) is 9.45. The van der Waals surface area contributed by atoms with Crippen LogP contribution in [0.1, 0.15) is 45.1 Å². The highest BCUT2D eigenvalue weighted by Gasteiger charge is 2.22. The molecule has 5 nitrogen and oxygen atoms in total. The Morgan fingerprint density at radius 1 is 1.28 bits per heavy atom. The molecule has 5 heteroatoms. The molecular weight excluding hydrogens is 314 g/mol. The molecule has 0 saturated carbocycles. The molecule has 1 aromatic carbocycles. The van der Waals surface area contributed by atoms with E-state index in [-0.39, 0.29) is 11.8 Å². The van der Waals surface area contributed by atoms with E-state index in [1.165, 1.54) is 12.8 Å². The van der Waals surface area contributed by atoms with E-state index >= 15 is 0 Å². The van der Waals surface area contributed by atoms with Gasteiger partial charge in [-0.3, -0.25) is 14.5 Å². The highest BCUT2D eigenvalue weighted by atomic mass is 16.2. The second-order valence-electron chi connectivity index (χ2n) is 6.89. The molecule has 25 heavy (non-hydrogen) atoms. The Bertz CT molecular complexity index is 547. The zero-order chi connectivity index (χ0) is 18.1.